The number of hydrogen-bond acceptors (Lipinski definition) is 4. The predicted octanol–water partition coefficient (Wildman–Crippen LogP) is 2.33. The van der Waals surface area contributed by atoms with Crippen LogP contribution in [0.5, 0.6) is 0 Å². The van der Waals surface area contributed by atoms with Gasteiger partial charge in [0.15, 0.2) is 0 Å². The molecule has 0 spiro atoms. The van der Waals surface area contributed by atoms with Crippen molar-refractivity contribution in [1.29, 1.82) is 0 Å². The van der Waals surface area contributed by atoms with Gasteiger partial charge in [0.1, 0.15) is 10.3 Å². The summed E-state index contributed by atoms with van der Waals surface area (Å²) in [6.07, 6.45) is 2.73. The number of hydrogen-bond donors (Lipinski definition) is 2. The highest BCUT2D eigenvalue weighted by atomic mass is 79.9. The number of H-pyrrole nitrogens is 1. The van der Waals surface area contributed by atoms with Gasteiger partial charge >= 0.3 is 0 Å². The first-order valence-electron chi connectivity index (χ1n) is 4.82. The van der Waals surface area contributed by atoms with E-state index in [-0.39, 0.29) is 11.4 Å². The molecule has 2 rings (SSSR count). The van der Waals surface area contributed by atoms with Gasteiger partial charge in [-0.15, -0.1) is 0 Å². The van der Waals surface area contributed by atoms with E-state index in [1.54, 1.807) is 18.3 Å². The van der Waals surface area contributed by atoms with Crippen LogP contribution in [0.4, 0.5) is 11.4 Å². The van der Waals surface area contributed by atoms with Crippen LogP contribution in [0.3, 0.4) is 0 Å². The highest BCUT2D eigenvalue weighted by molar-refractivity contribution is 9.10. The zero-order chi connectivity index (χ0) is 13.1. The zero-order valence-electron chi connectivity index (χ0n) is 8.88. The molecule has 2 N–H and O–H groups in total. The molecule has 0 aliphatic rings. The van der Waals surface area contributed by atoms with Crippen molar-refractivity contribution in [2.75, 3.05) is 5.32 Å². The number of nitrogens with one attached hydrogen (secondary N) is 2. The fourth-order valence-corrected chi connectivity index (χ4v) is 1.64. The number of amides is 1. The molecule has 0 aromatic carbocycles. The summed E-state index contributed by atoms with van der Waals surface area (Å²) >= 11 is 3.18. The average molecular weight is 311 g/mol. The molecular weight excluding hydrogens is 304 g/mol. The maximum atomic E-state index is 11.8. The number of nitrogens with zero attached hydrogens (tertiary/aromatic N) is 2. The van der Waals surface area contributed by atoms with E-state index in [9.17, 15) is 14.9 Å². The summed E-state index contributed by atoms with van der Waals surface area (Å²) in [5.41, 5.74) is 0.433. The third-order valence-electron chi connectivity index (χ3n) is 2.13. The van der Waals surface area contributed by atoms with Gasteiger partial charge in [0, 0.05) is 12.3 Å². The SMILES string of the molecule is O=C(Nc1cccnc1Br)c1cc([N+](=O)[O-])c[nH]1. The summed E-state index contributed by atoms with van der Waals surface area (Å²) in [5.74, 6) is -0.475. The number of carbonyl (C=O) groups excluding carboxylic acids is 1. The van der Waals surface area contributed by atoms with Crippen LogP contribution in [0.2, 0.25) is 0 Å². The lowest BCUT2D eigenvalue weighted by molar-refractivity contribution is -0.384. The number of aromatic nitrogens is 2. The summed E-state index contributed by atoms with van der Waals surface area (Å²) in [6.45, 7) is 0. The summed E-state index contributed by atoms with van der Waals surface area (Å²) in [7, 11) is 0. The summed E-state index contributed by atoms with van der Waals surface area (Å²) < 4.78 is 0.486. The smallest absolute Gasteiger partial charge is 0.287 e. The molecule has 2 heterocycles. The third kappa shape index (κ3) is 2.54. The minimum Gasteiger partial charge on any atom is -0.351 e. The first kappa shape index (κ1) is 12.2. The predicted molar refractivity (Wildman–Crippen MR) is 67.3 cm³/mol. The van der Waals surface area contributed by atoms with Crippen molar-refractivity contribution in [3.05, 3.63) is 51.0 Å². The molecule has 8 heteroatoms. The van der Waals surface area contributed by atoms with E-state index in [4.69, 9.17) is 0 Å². The highest BCUT2D eigenvalue weighted by Crippen LogP contribution is 2.20. The molecule has 7 nitrogen and oxygen atoms in total. The molecule has 2 aromatic rings. The maximum Gasteiger partial charge on any atom is 0.287 e. The standard InChI is InChI=1S/C10H7BrN4O3/c11-9-7(2-1-3-12-9)14-10(16)8-4-6(5-13-8)15(17)18/h1-5,13H,(H,14,16). The van der Waals surface area contributed by atoms with Gasteiger partial charge in [-0.25, -0.2) is 4.98 Å². The molecule has 2 aromatic heterocycles. The second kappa shape index (κ2) is 4.96. The Morgan fingerprint density at radius 1 is 1.56 bits per heavy atom. The van der Waals surface area contributed by atoms with Crippen LogP contribution in [-0.4, -0.2) is 20.8 Å². The number of carbonyl (C=O) groups is 1. The van der Waals surface area contributed by atoms with E-state index in [0.717, 1.165) is 6.20 Å². The Morgan fingerprint density at radius 2 is 2.33 bits per heavy atom. The van der Waals surface area contributed by atoms with Crippen LogP contribution in [0.25, 0.3) is 0 Å². The Kier molecular flexibility index (Phi) is 3.38. The molecule has 0 aliphatic carbocycles. The van der Waals surface area contributed by atoms with Gasteiger partial charge in [0.05, 0.1) is 16.8 Å². The molecule has 0 unspecified atom stereocenters. The van der Waals surface area contributed by atoms with Crippen molar-refractivity contribution < 1.29 is 9.72 Å². The minimum atomic E-state index is -0.576. The van der Waals surface area contributed by atoms with E-state index in [1.165, 1.54) is 6.07 Å². The Labute approximate surface area is 110 Å². The Bertz CT molecular complexity index is 611. The van der Waals surface area contributed by atoms with Crippen molar-refractivity contribution in [2.24, 2.45) is 0 Å². The summed E-state index contributed by atoms with van der Waals surface area (Å²) in [6, 6.07) is 4.49. The van der Waals surface area contributed by atoms with Gasteiger partial charge in [-0.1, -0.05) is 0 Å². The molecule has 0 saturated heterocycles. The lowest BCUT2D eigenvalue weighted by atomic mass is 10.3. The van der Waals surface area contributed by atoms with E-state index >= 15 is 0 Å². The molecule has 0 atom stereocenters. The molecule has 0 fully saturated rings. The van der Waals surface area contributed by atoms with Crippen LogP contribution >= 0.6 is 15.9 Å². The fourth-order valence-electron chi connectivity index (χ4n) is 1.29. The normalized spacial score (nSPS) is 10.1. The summed E-state index contributed by atoms with van der Waals surface area (Å²) in [5, 5.41) is 13.1. The molecule has 0 radical (unpaired) electrons. The van der Waals surface area contributed by atoms with Crippen molar-refractivity contribution in [2.45, 2.75) is 0 Å². The monoisotopic (exact) mass is 310 g/mol. The zero-order valence-corrected chi connectivity index (χ0v) is 10.5. The maximum absolute atomic E-state index is 11.8. The van der Waals surface area contributed by atoms with Gasteiger partial charge in [-0.05, 0) is 28.1 Å². The first-order chi connectivity index (χ1) is 8.58. The van der Waals surface area contributed by atoms with Crippen molar-refractivity contribution >= 4 is 33.2 Å². The Balaban J connectivity index is 2.17. The number of nitro groups is 1. The van der Waals surface area contributed by atoms with Gasteiger partial charge in [-0.2, -0.15) is 0 Å². The number of halogens is 1. The average Bonchev–Trinajstić information content (AvgIpc) is 2.81. The number of anilines is 1. The van der Waals surface area contributed by atoms with Crippen LogP contribution < -0.4 is 5.32 Å². The van der Waals surface area contributed by atoms with Gasteiger partial charge in [-0.3, -0.25) is 14.9 Å². The lowest BCUT2D eigenvalue weighted by Gasteiger charge is -2.04. The first-order valence-corrected chi connectivity index (χ1v) is 5.62. The van der Waals surface area contributed by atoms with E-state index in [0.29, 0.717) is 10.3 Å². The number of aromatic amines is 1. The van der Waals surface area contributed by atoms with Crippen LogP contribution in [0.15, 0.2) is 35.2 Å². The van der Waals surface area contributed by atoms with Crippen LogP contribution in [0, 0.1) is 10.1 Å². The fraction of sp³-hybridized carbons (Fsp3) is 0. The molecule has 0 aliphatic heterocycles. The van der Waals surface area contributed by atoms with E-state index in [1.807, 2.05) is 0 Å². The van der Waals surface area contributed by atoms with E-state index in [2.05, 4.69) is 31.2 Å². The highest BCUT2D eigenvalue weighted by Gasteiger charge is 2.15. The van der Waals surface area contributed by atoms with E-state index < -0.39 is 10.8 Å². The van der Waals surface area contributed by atoms with Crippen molar-refractivity contribution in [3.8, 4) is 0 Å². The van der Waals surface area contributed by atoms with Crippen LogP contribution in [0.1, 0.15) is 10.5 Å². The topological polar surface area (TPSA) is 101 Å². The van der Waals surface area contributed by atoms with Gasteiger partial charge in [0.25, 0.3) is 11.6 Å². The lowest BCUT2D eigenvalue weighted by Crippen LogP contribution is -2.12. The molecule has 18 heavy (non-hydrogen) atoms. The summed E-state index contributed by atoms with van der Waals surface area (Å²) in [4.78, 5) is 28.2. The van der Waals surface area contributed by atoms with Crippen molar-refractivity contribution in [1.82, 2.24) is 9.97 Å². The molecular formula is C10H7BrN4O3. The van der Waals surface area contributed by atoms with Crippen molar-refractivity contribution in [3.63, 3.8) is 0 Å². The Morgan fingerprint density at radius 3 is 2.94 bits per heavy atom. The second-order valence-electron chi connectivity index (χ2n) is 3.32. The minimum absolute atomic E-state index is 0.109. The number of rotatable bonds is 3. The van der Waals surface area contributed by atoms with Gasteiger partial charge in [0.2, 0.25) is 0 Å². The third-order valence-corrected chi connectivity index (χ3v) is 2.76. The number of pyridine rings is 1. The molecule has 1 amide bonds. The quantitative estimate of drug-likeness (QED) is 0.516. The van der Waals surface area contributed by atoms with Gasteiger partial charge < -0.3 is 10.3 Å². The van der Waals surface area contributed by atoms with Crippen LogP contribution in [-0.2, 0) is 0 Å². The molecule has 0 bridgehead atoms. The molecule has 0 saturated carbocycles. The second-order valence-corrected chi connectivity index (χ2v) is 4.08. The molecule has 92 valence electrons. The largest absolute Gasteiger partial charge is 0.351 e. The Hall–Kier alpha value is -2.22.